The standard InChI is InChI=1S/C20H19N3O3/c1-23(2)20(25)16-9-10-18(26-3)17(12-16)22-19(24)11-8-14-4-6-15(13-21)7-5-14/h4-12H,1-3H3,(H,22,24)/b11-8-. The maximum absolute atomic E-state index is 12.2. The highest BCUT2D eigenvalue weighted by atomic mass is 16.5. The Morgan fingerprint density at radius 1 is 1.15 bits per heavy atom. The zero-order valence-electron chi connectivity index (χ0n) is 14.8. The Bertz CT molecular complexity index is 878. The number of hydrogen-bond donors (Lipinski definition) is 1. The molecule has 0 spiro atoms. The van der Waals surface area contributed by atoms with Gasteiger partial charge < -0.3 is 15.0 Å². The molecule has 0 saturated carbocycles. The van der Waals surface area contributed by atoms with E-state index in [4.69, 9.17) is 10.00 Å². The fourth-order valence-corrected chi connectivity index (χ4v) is 2.21. The molecule has 26 heavy (non-hydrogen) atoms. The summed E-state index contributed by atoms with van der Waals surface area (Å²) in [5.41, 5.74) is 2.21. The first kappa shape index (κ1) is 18.7. The van der Waals surface area contributed by atoms with Gasteiger partial charge in [0.15, 0.2) is 0 Å². The van der Waals surface area contributed by atoms with Crippen LogP contribution in [0.15, 0.2) is 48.5 Å². The maximum atomic E-state index is 12.2. The van der Waals surface area contributed by atoms with Gasteiger partial charge in [0, 0.05) is 25.7 Å². The Kier molecular flexibility index (Phi) is 6.12. The smallest absolute Gasteiger partial charge is 0.253 e. The number of ether oxygens (including phenoxy) is 1. The van der Waals surface area contributed by atoms with Crippen molar-refractivity contribution in [2.45, 2.75) is 0 Å². The fourth-order valence-electron chi connectivity index (χ4n) is 2.21. The van der Waals surface area contributed by atoms with Crippen LogP contribution in [0.4, 0.5) is 5.69 Å². The maximum Gasteiger partial charge on any atom is 0.253 e. The Morgan fingerprint density at radius 2 is 1.85 bits per heavy atom. The lowest BCUT2D eigenvalue weighted by Crippen LogP contribution is -2.22. The van der Waals surface area contributed by atoms with Crippen LogP contribution >= 0.6 is 0 Å². The summed E-state index contributed by atoms with van der Waals surface area (Å²) in [4.78, 5) is 25.7. The molecule has 132 valence electrons. The molecule has 1 N–H and O–H groups in total. The lowest BCUT2D eigenvalue weighted by atomic mass is 10.1. The molecule has 0 aliphatic carbocycles. The van der Waals surface area contributed by atoms with Crippen molar-refractivity contribution in [1.29, 1.82) is 5.26 Å². The number of benzene rings is 2. The van der Waals surface area contributed by atoms with Crippen molar-refractivity contribution in [3.05, 3.63) is 65.2 Å². The van der Waals surface area contributed by atoms with Gasteiger partial charge in [-0.25, -0.2) is 0 Å². The molecule has 0 radical (unpaired) electrons. The molecule has 2 aromatic carbocycles. The minimum atomic E-state index is -0.359. The second-order valence-corrected chi connectivity index (χ2v) is 5.67. The number of hydrogen-bond acceptors (Lipinski definition) is 4. The second-order valence-electron chi connectivity index (χ2n) is 5.67. The Hall–Kier alpha value is -3.59. The summed E-state index contributed by atoms with van der Waals surface area (Å²) in [5, 5.41) is 11.5. The minimum absolute atomic E-state index is 0.170. The third-order valence-corrected chi connectivity index (χ3v) is 3.58. The van der Waals surface area contributed by atoms with Crippen LogP contribution in [-0.2, 0) is 4.79 Å². The summed E-state index contributed by atoms with van der Waals surface area (Å²) in [5.74, 6) is -0.0705. The van der Waals surface area contributed by atoms with Crippen LogP contribution in [-0.4, -0.2) is 37.9 Å². The summed E-state index contributed by atoms with van der Waals surface area (Å²) in [6, 6.07) is 13.7. The number of nitriles is 1. The molecule has 6 heteroatoms. The fraction of sp³-hybridized carbons (Fsp3) is 0.150. The topological polar surface area (TPSA) is 82.4 Å². The molecule has 0 atom stereocenters. The van der Waals surface area contributed by atoms with Gasteiger partial charge in [-0.05, 0) is 42.0 Å². The van der Waals surface area contributed by atoms with E-state index in [2.05, 4.69) is 5.32 Å². The molecule has 0 aliphatic rings. The van der Waals surface area contributed by atoms with E-state index in [1.54, 1.807) is 62.6 Å². The first-order valence-electron chi connectivity index (χ1n) is 7.83. The van der Waals surface area contributed by atoms with Crippen LogP contribution < -0.4 is 10.1 Å². The molecule has 0 bridgehead atoms. The molecular formula is C20H19N3O3. The first-order chi connectivity index (χ1) is 12.4. The SMILES string of the molecule is COc1ccc(C(=O)N(C)C)cc1NC(=O)/C=C\c1ccc(C#N)cc1. The normalized spacial score (nSPS) is 10.2. The number of anilines is 1. The van der Waals surface area contributed by atoms with E-state index in [0.717, 1.165) is 5.56 Å². The number of carbonyl (C=O) groups excluding carboxylic acids is 2. The van der Waals surface area contributed by atoms with Gasteiger partial charge in [-0.3, -0.25) is 9.59 Å². The molecule has 2 rings (SSSR count). The monoisotopic (exact) mass is 349 g/mol. The molecule has 6 nitrogen and oxygen atoms in total. The first-order valence-corrected chi connectivity index (χ1v) is 7.83. The number of methoxy groups -OCH3 is 1. The van der Waals surface area contributed by atoms with Crippen molar-refractivity contribution in [3.63, 3.8) is 0 Å². The largest absolute Gasteiger partial charge is 0.495 e. The molecule has 2 amide bonds. The zero-order chi connectivity index (χ0) is 19.1. The average molecular weight is 349 g/mol. The number of nitrogens with one attached hydrogen (secondary N) is 1. The van der Waals surface area contributed by atoms with E-state index in [0.29, 0.717) is 22.6 Å². The molecule has 2 aromatic rings. The van der Waals surface area contributed by atoms with E-state index in [-0.39, 0.29) is 11.8 Å². The Morgan fingerprint density at radius 3 is 2.42 bits per heavy atom. The molecule has 0 heterocycles. The molecule has 0 aromatic heterocycles. The van der Waals surface area contributed by atoms with Crippen molar-refractivity contribution in [2.24, 2.45) is 0 Å². The van der Waals surface area contributed by atoms with Crippen LogP contribution in [0, 0.1) is 11.3 Å². The molecular weight excluding hydrogens is 330 g/mol. The number of amides is 2. The number of carbonyl (C=O) groups is 2. The molecule has 0 fully saturated rings. The highest BCUT2D eigenvalue weighted by molar-refractivity contribution is 6.04. The molecule has 0 aliphatic heterocycles. The van der Waals surface area contributed by atoms with Crippen LogP contribution in [0.2, 0.25) is 0 Å². The molecule has 0 unspecified atom stereocenters. The predicted molar refractivity (Wildman–Crippen MR) is 99.8 cm³/mol. The van der Waals surface area contributed by atoms with E-state index in [9.17, 15) is 9.59 Å². The van der Waals surface area contributed by atoms with Crippen LogP contribution in [0.25, 0.3) is 6.08 Å². The van der Waals surface area contributed by atoms with E-state index < -0.39 is 0 Å². The van der Waals surface area contributed by atoms with Gasteiger partial charge in [0.2, 0.25) is 5.91 Å². The van der Waals surface area contributed by atoms with Crippen molar-refractivity contribution in [2.75, 3.05) is 26.5 Å². The summed E-state index contributed by atoms with van der Waals surface area (Å²) < 4.78 is 5.24. The zero-order valence-corrected chi connectivity index (χ0v) is 14.8. The number of nitrogens with zero attached hydrogens (tertiary/aromatic N) is 2. The van der Waals surface area contributed by atoms with Gasteiger partial charge in [0.1, 0.15) is 5.75 Å². The number of rotatable bonds is 5. The lowest BCUT2D eigenvalue weighted by molar-refractivity contribution is -0.111. The molecule has 0 saturated heterocycles. The van der Waals surface area contributed by atoms with Gasteiger partial charge in [0.25, 0.3) is 5.91 Å². The van der Waals surface area contributed by atoms with Gasteiger partial charge in [-0.15, -0.1) is 0 Å². The van der Waals surface area contributed by atoms with Gasteiger partial charge >= 0.3 is 0 Å². The summed E-state index contributed by atoms with van der Waals surface area (Å²) >= 11 is 0. The van der Waals surface area contributed by atoms with Crippen LogP contribution in [0.5, 0.6) is 5.75 Å². The highest BCUT2D eigenvalue weighted by Gasteiger charge is 2.12. The van der Waals surface area contributed by atoms with Crippen molar-refractivity contribution < 1.29 is 14.3 Å². The van der Waals surface area contributed by atoms with Gasteiger partial charge in [0.05, 0.1) is 24.4 Å². The highest BCUT2D eigenvalue weighted by Crippen LogP contribution is 2.26. The average Bonchev–Trinajstić information content (AvgIpc) is 2.66. The lowest BCUT2D eigenvalue weighted by Gasteiger charge is -2.14. The summed E-state index contributed by atoms with van der Waals surface area (Å²) in [7, 11) is 4.81. The van der Waals surface area contributed by atoms with Crippen molar-refractivity contribution >= 4 is 23.6 Å². The van der Waals surface area contributed by atoms with E-state index >= 15 is 0 Å². The third kappa shape index (κ3) is 4.71. The Balaban J connectivity index is 2.16. The quantitative estimate of drug-likeness (QED) is 0.842. The van der Waals surface area contributed by atoms with E-state index in [1.807, 2.05) is 6.07 Å². The van der Waals surface area contributed by atoms with Gasteiger partial charge in [-0.1, -0.05) is 12.1 Å². The van der Waals surface area contributed by atoms with Crippen molar-refractivity contribution in [3.8, 4) is 11.8 Å². The van der Waals surface area contributed by atoms with E-state index in [1.165, 1.54) is 18.1 Å². The van der Waals surface area contributed by atoms with Gasteiger partial charge in [-0.2, -0.15) is 5.26 Å². The predicted octanol–water partition coefficient (Wildman–Crippen LogP) is 2.92. The summed E-state index contributed by atoms with van der Waals surface area (Å²) in [6.45, 7) is 0. The second kappa shape index (κ2) is 8.49. The Labute approximate surface area is 152 Å². The van der Waals surface area contributed by atoms with Crippen molar-refractivity contribution in [1.82, 2.24) is 4.90 Å². The van der Waals surface area contributed by atoms with Crippen LogP contribution in [0.3, 0.4) is 0 Å². The third-order valence-electron chi connectivity index (χ3n) is 3.58. The summed E-state index contributed by atoms with van der Waals surface area (Å²) in [6.07, 6.45) is 3.01. The van der Waals surface area contributed by atoms with Crippen LogP contribution in [0.1, 0.15) is 21.5 Å². The minimum Gasteiger partial charge on any atom is -0.495 e.